The zero-order chi connectivity index (χ0) is 10.6. The van der Waals surface area contributed by atoms with E-state index < -0.39 is 5.97 Å². The van der Waals surface area contributed by atoms with E-state index in [4.69, 9.17) is 11.3 Å². The highest BCUT2D eigenvalue weighted by Gasteiger charge is 2.14. The molecule has 0 aliphatic rings. The molecular weight excluding hydrogens is 192 g/mol. The molecule has 4 heteroatoms. The fourth-order valence-corrected chi connectivity index (χ4v) is 0.914. The Labute approximate surface area is 89.7 Å². The van der Waals surface area contributed by atoms with Crippen LogP contribution in [0.25, 0.3) is 4.85 Å². The van der Waals surface area contributed by atoms with Gasteiger partial charge in [-0.05, 0) is 13.8 Å². The summed E-state index contributed by atoms with van der Waals surface area (Å²) >= 11 is 0. The molecule has 0 spiro atoms. The van der Waals surface area contributed by atoms with E-state index in [9.17, 15) is 4.79 Å². The summed E-state index contributed by atoms with van der Waals surface area (Å²) < 4.78 is 4.93. The van der Waals surface area contributed by atoms with Gasteiger partial charge in [0.2, 0.25) is 5.69 Å². The molecule has 1 heterocycles. The molecule has 0 fully saturated rings. The van der Waals surface area contributed by atoms with E-state index in [1.54, 1.807) is 19.9 Å². The fourth-order valence-electron chi connectivity index (χ4n) is 0.914. The van der Waals surface area contributed by atoms with Crippen LogP contribution in [0.5, 0.6) is 0 Å². The number of ether oxygens (including phenoxy) is 1. The van der Waals surface area contributed by atoms with Gasteiger partial charge in [0.05, 0.1) is 12.7 Å². The van der Waals surface area contributed by atoms with Crippen molar-refractivity contribution in [1.29, 1.82) is 0 Å². The van der Waals surface area contributed by atoms with Gasteiger partial charge in [-0.1, -0.05) is 19.6 Å². The second-order valence-corrected chi connectivity index (χ2v) is 2.94. The van der Waals surface area contributed by atoms with E-state index in [0.717, 1.165) is 0 Å². The largest absolute Gasteiger partial charge is 0.459 e. The Morgan fingerprint density at radius 3 is 2.80 bits per heavy atom. The quantitative estimate of drug-likeness (QED) is 0.552. The van der Waals surface area contributed by atoms with Crippen molar-refractivity contribution in [2.45, 2.75) is 27.4 Å². The lowest BCUT2D eigenvalue weighted by Gasteiger charge is -2.07. The van der Waals surface area contributed by atoms with Crippen molar-refractivity contribution in [2.75, 3.05) is 0 Å². The summed E-state index contributed by atoms with van der Waals surface area (Å²) in [6.45, 7) is 10.3. The Bertz CT molecular complexity index is 380. The lowest BCUT2D eigenvalue weighted by molar-refractivity contribution is 0.0372. The lowest BCUT2D eigenvalue weighted by Crippen LogP contribution is -2.12. The molecule has 15 heavy (non-hydrogen) atoms. The molecule has 0 aliphatic carbocycles. The number of carbonyl (C=O) groups excluding carboxylic acids is 1. The first-order valence-electron chi connectivity index (χ1n) is 4.18. The lowest BCUT2D eigenvalue weighted by atomic mass is 10.3. The average molecular weight is 206 g/mol. The van der Waals surface area contributed by atoms with Crippen LogP contribution in [0.3, 0.4) is 0 Å². The van der Waals surface area contributed by atoms with Gasteiger partial charge in [0.15, 0.2) is 5.69 Å². The Morgan fingerprint density at radius 2 is 2.27 bits per heavy atom. The number of carbonyl (C=O) groups is 1. The van der Waals surface area contributed by atoms with Gasteiger partial charge in [-0.15, -0.1) is 0 Å². The van der Waals surface area contributed by atoms with Crippen LogP contribution in [0.1, 0.15) is 31.8 Å². The SMILES string of the molecule is C.[C-]#[N+]c1cccnc1C(=O)OC(C)C. The molecule has 0 aromatic carbocycles. The first kappa shape index (κ1) is 13.1. The maximum Gasteiger partial charge on any atom is 0.346 e. The van der Waals surface area contributed by atoms with Gasteiger partial charge < -0.3 is 4.74 Å². The van der Waals surface area contributed by atoms with E-state index in [0.29, 0.717) is 0 Å². The molecule has 0 saturated carbocycles. The van der Waals surface area contributed by atoms with Crippen molar-refractivity contribution < 1.29 is 9.53 Å². The number of hydrogen-bond acceptors (Lipinski definition) is 3. The van der Waals surface area contributed by atoms with Crippen LogP contribution in [0, 0.1) is 6.57 Å². The Hall–Kier alpha value is -1.89. The predicted octanol–water partition coefficient (Wildman–Crippen LogP) is 2.83. The number of pyridine rings is 1. The number of hydrogen-bond donors (Lipinski definition) is 0. The normalized spacial score (nSPS) is 8.93. The van der Waals surface area contributed by atoms with Crippen LogP contribution in [0.4, 0.5) is 5.69 Å². The molecule has 1 aromatic heterocycles. The topological polar surface area (TPSA) is 43.5 Å². The third-order valence-corrected chi connectivity index (χ3v) is 1.44. The summed E-state index contributed by atoms with van der Waals surface area (Å²) in [5.74, 6) is -0.549. The maximum atomic E-state index is 11.4. The average Bonchev–Trinajstić information content (AvgIpc) is 2.16. The smallest absolute Gasteiger partial charge is 0.346 e. The summed E-state index contributed by atoms with van der Waals surface area (Å²) in [5, 5.41) is 0. The molecule has 0 N–H and O–H groups in total. The van der Waals surface area contributed by atoms with Gasteiger partial charge in [0.25, 0.3) is 0 Å². The third-order valence-electron chi connectivity index (χ3n) is 1.44. The fraction of sp³-hybridized carbons (Fsp3) is 0.364. The van der Waals surface area contributed by atoms with E-state index in [2.05, 4.69) is 9.83 Å². The van der Waals surface area contributed by atoms with Crippen LogP contribution in [-0.2, 0) is 4.74 Å². The van der Waals surface area contributed by atoms with Crippen LogP contribution >= 0.6 is 0 Å². The second kappa shape index (κ2) is 5.76. The zero-order valence-electron chi connectivity index (χ0n) is 8.02. The first-order valence-corrected chi connectivity index (χ1v) is 4.18. The van der Waals surface area contributed by atoms with Crippen molar-refractivity contribution in [1.82, 2.24) is 4.98 Å². The third kappa shape index (κ3) is 3.39. The Morgan fingerprint density at radius 1 is 1.60 bits per heavy atom. The molecule has 0 amide bonds. The molecule has 0 bridgehead atoms. The molecule has 0 radical (unpaired) electrons. The van der Waals surface area contributed by atoms with Gasteiger partial charge >= 0.3 is 5.97 Å². The van der Waals surface area contributed by atoms with E-state index in [1.165, 1.54) is 12.3 Å². The van der Waals surface area contributed by atoms with Crippen LogP contribution < -0.4 is 0 Å². The summed E-state index contributed by atoms with van der Waals surface area (Å²) in [6.07, 6.45) is 1.26. The van der Waals surface area contributed by atoms with Crippen molar-refractivity contribution in [3.8, 4) is 0 Å². The van der Waals surface area contributed by atoms with Crippen LogP contribution in [0.2, 0.25) is 0 Å². The summed E-state index contributed by atoms with van der Waals surface area (Å²) in [4.78, 5) is 18.4. The Kier molecular flexibility index (Phi) is 5.03. The van der Waals surface area contributed by atoms with Crippen LogP contribution in [-0.4, -0.2) is 17.1 Å². The number of rotatable bonds is 2. The molecule has 0 aliphatic heterocycles. The predicted molar refractivity (Wildman–Crippen MR) is 57.8 cm³/mol. The molecule has 1 aromatic rings. The zero-order valence-corrected chi connectivity index (χ0v) is 8.02. The first-order chi connectivity index (χ1) is 6.65. The minimum absolute atomic E-state index is 0. The highest BCUT2D eigenvalue weighted by atomic mass is 16.5. The van der Waals surface area contributed by atoms with Gasteiger partial charge in [-0.3, -0.25) is 4.98 Å². The van der Waals surface area contributed by atoms with Crippen molar-refractivity contribution in [3.05, 3.63) is 35.4 Å². The molecule has 1 rings (SSSR count). The molecular formula is C11H14N2O2. The highest BCUT2D eigenvalue weighted by molar-refractivity contribution is 5.93. The minimum Gasteiger partial charge on any atom is -0.459 e. The summed E-state index contributed by atoms with van der Waals surface area (Å²) in [7, 11) is 0. The van der Waals surface area contributed by atoms with Gasteiger partial charge in [-0.2, -0.15) is 0 Å². The molecule has 0 atom stereocenters. The summed E-state index contributed by atoms with van der Waals surface area (Å²) in [6, 6.07) is 3.15. The van der Waals surface area contributed by atoms with Crippen molar-refractivity contribution in [2.24, 2.45) is 0 Å². The van der Waals surface area contributed by atoms with Crippen molar-refractivity contribution in [3.63, 3.8) is 0 Å². The molecule has 80 valence electrons. The van der Waals surface area contributed by atoms with Crippen molar-refractivity contribution >= 4 is 11.7 Å². The molecule has 4 nitrogen and oxygen atoms in total. The minimum atomic E-state index is -0.549. The van der Waals surface area contributed by atoms with E-state index in [-0.39, 0.29) is 24.9 Å². The second-order valence-electron chi connectivity index (χ2n) is 2.94. The number of nitrogens with zero attached hydrogens (tertiary/aromatic N) is 2. The van der Waals surface area contributed by atoms with Gasteiger partial charge in [0.1, 0.15) is 0 Å². The Balaban J connectivity index is 0.00000196. The number of esters is 1. The van der Waals surface area contributed by atoms with Gasteiger partial charge in [0, 0.05) is 6.20 Å². The van der Waals surface area contributed by atoms with Crippen LogP contribution in [0.15, 0.2) is 18.3 Å². The monoisotopic (exact) mass is 206 g/mol. The van der Waals surface area contributed by atoms with E-state index >= 15 is 0 Å². The summed E-state index contributed by atoms with van der Waals surface area (Å²) in [5.41, 5.74) is 0.300. The van der Waals surface area contributed by atoms with E-state index in [1.807, 2.05) is 0 Å². The molecule has 0 saturated heterocycles. The standard InChI is InChI=1S/C10H10N2O2.CH4/c1-7(2)14-10(13)9-8(11-3)5-4-6-12-9;/h4-7H,1-2H3;1H4. The number of aromatic nitrogens is 1. The highest BCUT2D eigenvalue weighted by Crippen LogP contribution is 2.17. The van der Waals surface area contributed by atoms with Gasteiger partial charge in [-0.25, -0.2) is 9.64 Å². The maximum absolute atomic E-state index is 11.4. The molecule has 0 unspecified atom stereocenters.